The van der Waals surface area contributed by atoms with Gasteiger partial charge in [-0.2, -0.15) is 0 Å². The molecule has 1 aromatic rings. The molecule has 2 fully saturated rings. The molecule has 2 unspecified atom stereocenters. The second kappa shape index (κ2) is 7.55. The Hall–Kier alpha value is -0.950. The number of carbonyl (C=O) groups is 1. The van der Waals surface area contributed by atoms with E-state index in [9.17, 15) is 9.90 Å². The summed E-state index contributed by atoms with van der Waals surface area (Å²) in [5.74, 6) is 0.131. The Balaban J connectivity index is 1.39. The fourth-order valence-electron chi connectivity index (χ4n) is 2.88. The average molecular weight is 324 g/mol. The smallest absolute Gasteiger partial charge is 0.237 e. The number of nitrogens with zero attached hydrogens (tertiary/aromatic N) is 1. The monoisotopic (exact) mass is 324 g/mol. The highest BCUT2D eigenvalue weighted by Crippen LogP contribution is 2.22. The van der Waals surface area contributed by atoms with E-state index in [1.807, 2.05) is 17.5 Å². The molecule has 0 aromatic carbocycles. The Morgan fingerprint density at radius 1 is 1.50 bits per heavy atom. The molecular weight excluding hydrogens is 300 g/mol. The molecule has 1 aliphatic heterocycles. The summed E-state index contributed by atoms with van der Waals surface area (Å²) in [6.07, 6.45) is 3.58. The van der Waals surface area contributed by atoms with Gasteiger partial charge in [0.25, 0.3) is 0 Å². The number of ether oxygens (including phenoxy) is 1. The minimum atomic E-state index is -0.547. The third-order valence-electron chi connectivity index (χ3n) is 4.17. The van der Waals surface area contributed by atoms with Crippen molar-refractivity contribution in [2.24, 2.45) is 0 Å². The van der Waals surface area contributed by atoms with Crippen molar-refractivity contribution in [1.82, 2.24) is 10.2 Å². The van der Waals surface area contributed by atoms with Gasteiger partial charge in [0.1, 0.15) is 0 Å². The molecule has 1 saturated carbocycles. The zero-order chi connectivity index (χ0) is 15.4. The lowest BCUT2D eigenvalue weighted by Crippen LogP contribution is -2.47. The van der Waals surface area contributed by atoms with E-state index in [0.717, 1.165) is 37.1 Å². The standard InChI is InChI=1S/C16H24N2O3S/c19-13(10-21-11-14-3-2-8-22-14)9-18-7-1-4-15(18)16(20)17-12-5-6-12/h2-3,8,12-13,15,19H,1,4-7,9-11H2,(H,17,20). The molecule has 1 amide bonds. The minimum Gasteiger partial charge on any atom is -0.389 e. The highest BCUT2D eigenvalue weighted by molar-refractivity contribution is 7.09. The van der Waals surface area contributed by atoms with Gasteiger partial charge in [0.15, 0.2) is 0 Å². The zero-order valence-electron chi connectivity index (χ0n) is 12.7. The van der Waals surface area contributed by atoms with E-state index < -0.39 is 6.10 Å². The first-order chi connectivity index (χ1) is 10.7. The number of thiophene rings is 1. The highest BCUT2D eigenvalue weighted by atomic mass is 32.1. The Bertz CT molecular complexity index is 476. The number of β-amino-alcohol motifs (C(OH)–C–C–N with tert-alkyl or cyclic N) is 1. The maximum atomic E-state index is 12.2. The third-order valence-corrected chi connectivity index (χ3v) is 5.02. The lowest BCUT2D eigenvalue weighted by Gasteiger charge is -2.26. The fourth-order valence-corrected chi connectivity index (χ4v) is 3.52. The number of likely N-dealkylation sites (tertiary alicyclic amines) is 1. The number of hydrogen-bond donors (Lipinski definition) is 2. The van der Waals surface area contributed by atoms with Crippen LogP contribution in [0.25, 0.3) is 0 Å². The van der Waals surface area contributed by atoms with Crippen molar-refractivity contribution in [2.45, 2.75) is 50.5 Å². The van der Waals surface area contributed by atoms with Gasteiger partial charge in [-0.1, -0.05) is 6.07 Å². The van der Waals surface area contributed by atoms with Gasteiger partial charge in [-0.15, -0.1) is 11.3 Å². The van der Waals surface area contributed by atoms with Crippen molar-refractivity contribution < 1.29 is 14.6 Å². The van der Waals surface area contributed by atoms with Crippen LogP contribution in [-0.2, 0) is 16.1 Å². The number of amides is 1. The van der Waals surface area contributed by atoms with Crippen LogP contribution in [-0.4, -0.2) is 53.8 Å². The molecule has 22 heavy (non-hydrogen) atoms. The summed E-state index contributed by atoms with van der Waals surface area (Å²) in [7, 11) is 0. The van der Waals surface area contributed by atoms with Crippen LogP contribution in [0.15, 0.2) is 17.5 Å². The maximum absolute atomic E-state index is 12.2. The van der Waals surface area contributed by atoms with Gasteiger partial charge < -0.3 is 15.2 Å². The largest absolute Gasteiger partial charge is 0.389 e. The van der Waals surface area contributed by atoms with E-state index in [4.69, 9.17) is 4.74 Å². The van der Waals surface area contributed by atoms with Crippen LogP contribution >= 0.6 is 11.3 Å². The number of hydrogen-bond acceptors (Lipinski definition) is 5. The van der Waals surface area contributed by atoms with Crippen LogP contribution in [0.3, 0.4) is 0 Å². The minimum absolute atomic E-state index is 0.0763. The Kier molecular flexibility index (Phi) is 5.46. The summed E-state index contributed by atoms with van der Waals surface area (Å²) in [4.78, 5) is 15.4. The van der Waals surface area contributed by atoms with Crippen LogP contribution in [0, 0.1) is 0 Å². The molecule has 2 aliphatic rings. The molecule has 122 valence electrons. The molecule has 5 nitrogen and oxygen atoms in total. The average Bonchev–Trinajstić information content (AvgIpc) is 2.99. The maximum Gasteiger partial charge on any atom is 0.237 e. The first kappa shape index (κ1) is 15.9. The van der Waals surface area contributed by atoms with Crippen LogP contribution in [0.1, 0.15) is 30.6 Å². The molecular formula is C16H24N2O3S. The van der Waals surface area contributed by atoms with Gasteiger partial charge in [0.05, 0.1) is 25.4 Å². The van der Waals surface area contributed by atoms with E-state index in [1.54, 1.807) is 11.3 Å². The fraction of sp³-hybridized carbons (Fsp3) is 0.688. The predicted molar refractivity (Wildman–Crippen MR) is 85.7 cm³/mol. The first-order valence-electron chi connectivity index (χ1n) is 8.05. The Morgan fingerprint density at radius 2 is 2.36 bits per heavy atom. The summed E-state index contributed by atoms with van der Waals surface area (Å²) < 4.78 is 5.55. The molecule has 0 bridgehead atoms. The predicted octanol–water partition coefficient (Wildman–Crippen LogP) is 1.37. The van der Waals surface area contributed by atoms with Crippen LogP contribution < -0.4 is 5.32 Å². The van der Waals surface area contributed by atoms with Gasteiger partial charge in [-0.25, -0.2) is 0 Å². The number of aliphatic hydroxyl groups is 1. The lowest BCUT2D eigenvalue weighted by molar-refractivity contribution is -0.126. The van der Waals surface area contributed by atoms with Crippen molar-refractivity contribution in [3.05, 3.63) is 22.4 Å². The molecule has 2 heterocycles. The Labute approximate surface area is 135 Å². The SMILES string of the molecule is O=C(NC1CC1)C1CCCN1CC(O)COCc1cccs1. The van der Waals surface area contributed by atoms with Gasteiger partial charge in [-0.3, -0.25) is 9.69 Å². The summed E-state index contributed by atoms with van der Waals surface area (Å²) in [5.41, 5.74) is 0. The normalized spacial score (nSPS) is 23.6. The van der Waals surface area contributed by atoms with Crippen LogP contribution in [0.5, 0.6) is 0 Å². The lowest BCUT2D eigenvalue weighted by atomic mass is 10.2. The van der Waals surface area contributed by atoms with Gasteiger partial charge in [0, 0.05) is 17.5 Å². The van der Waals surface area contributed by atoms with Gasteiger partial charge in [-0.05, 0) is 43.7 Å². The van der Waals surface area contributed by atoms with Gasteiger partial charge >= 0.3 is 0 Å². The molecule has 0 radical (unpaired) electrons. The molecule has 1 saturated heterocycles. The summed E-state index contributed by atoms with van der Waals surface area (Å²) >= 11 is 1.65. The number of aliphatic hydroxyl groups excluding tert-OH is 1. The van der Waals surface area contributed by atoms with E-state index in [-0.39, 0.29) is 11.9 Å². The second-order valence-electron chi connectivity index (χ2n) is 6.18. The molecule has 2 atom stereocenters. The molecule has 3 rings (SSSR count). The molecule has 1 aromatic heterocycles. The van der Waals surface area contributed by atoms with E-state index in [1.165, 1.54) is 0 Å². The van der Waals surface area contributed by atoms with Crippen molar-refractivity contribution in [1.29, 1.82) is 0 Å². The van der Waals surface area contributed by atoms with E-state index in [2.05, 4.69) is 10.2 Å². The number of carbonyl (C=O) groups excluding carboxylic acids is 1. The zero-order valence-corrected chi connectivity index (χ0v) is 13.6. The van der Waals surface area contributed by atoms with Crippen molar-refractivity contribution in [3.63, 3.8) is 0 Å². The topological polar surface area (TPSA) is 61.8 Å². The van der Waals surface area contributed by atoms with E-state index >= 15 is 0 Å². The van der Waals surface area contributed by atoms with Crippen molar-refractivity contribution in [3.8, 4) is 0 Å². The van der Waals surface area contributed by atoms with Gasteiger partial charge in [0.2, 0.25) is 5.91 Å². The second-order valence-corrected chi connectivity index (χ2v) is 7.22. The van der Waals surface area contributed by atoms with Crippen LogP contribution in [0.2, 0.25) is 0 Å². The summed E-state index contributed by atoms with van der Waals surface area (Å²) in [5, 5.41) is 15.2. The molecule has 2 N–H and O–H groups in total. The number of nitrogens with one attached hydrogen (secondary N) is 1. The first-order valence-corrected chi connectivity index (χ1v) is 8.93. The van der Waals surface area contributed by atoms with Crippen LogP contribution in [0.4, 0.5) is 0 Å². The molecule has 6 heteroatoms. The summed E-state index contributed by atoms with van der Waals surface area (Å²) in [6.45, 7) is 2.24. The Morgan fingerprint density at radius 3 is 3.09 bits per heavy atom. The number of rotatable bonds is 8. The van der Waals surface area contributed by atoms with Crippen molar-refractivity contribution in [2.75, 3.05) is 19.7 Å². The van der Waals surface area contributed by atoms with E-state index in [0.29, 0.717) is 25.8 Å². The highest BCUT2D eigenvalue weighted by Gasteiger charge is 2.34. The molecule has 0 spiro atoms. The third kappa shape index (κ3) is 4.52. The quantitative estimate of drug-likeness (QED) is 0.758. The van der Waals surface area contributed by atoms with Crippen molar-refractivity contribution >= 4 is 17.2 Å². The molecule has 1 aliphatic carbocycles. The summed E-state index contributed by atoms with van der Waals surface area (Å²) in [6, 6.07) is 4.34.